The largest absolute Gasteiger partial charge is 0.354 e. The standard InChI is InChI=1S/C21H26ClN3O2/c1-15(2)20(23)21(27)25(18-6-4-3-5-7-18)14-19(26)24-13-12-16-8-10-17(22)11-9-16/h3-11,15,20H,12-14,23H2,1-2H3,(H,24,26)/t20-/m0/s1. The Morgan fingerprint density at radius 2 is 1.70 bits per heavy atom. The molecule has 0 aromatic heterocycles. The summed E-state index contributed by atoms with van der Waals surface area (Å²) in [4.78, 5) is 26.6. The summed E-state index contributed by atoms with van der Waals surface area (Å²) in [7, 11) is 0. The average Bonchev–Trinajstić information content (AvgIpc) is 2.67. The molecule has 5 nitrogen and oxygen atoms in total. The maximum atomic E-state index is 12.8. The number of anilines is 1. The first kappa shape index (κ1) is 20.9. The summed E-state index contributed by atoms with van der Waals surface area (Å²) in [5, 5.41) is 3.54. The van der Waals surface area contributed by atoms with Gasteiger partial charge in [0.15, 0.2) is 0 Å². The summed E-state index contributed by atoms with van der Waals surface area (Å²) < 4.78 is 0. The molecule has 0 unspecified atom stereocenters. The molecule has 0 radical (unpaired) electrons. The SMILES string of the molecule is CC(C)[C@H](N)C(=O)N(CC(=O)NCCc1ccc(Cl)cc1)c1ccccc1. The number of halogens is 1. The van der Waals surface area contributed by atoms with Crippen LogP contribution in [0.4, 0.5) is 5.69 Å². The van der Waals surface area contributed by atoms with Gasteiger partial charge in [0.25, 0.3) is 0 Å². The summed E-state index contributed by atoms with van der Waals surface area (Å²) in [6, 6.07) is 15.9. The molecule has 0 saturated carbocycles. The third-order valence-electron chi connectivity index (χ3n) is 4.29. The molecule has 0 spiro atoms. The van der Waals surface area contributed by atoms with Crippen LogP contribution in [0.2, 0.25) is 5.02 Å². The molecule has 2 amide bonds. The summed E-state index contributed by atoms with van der Waals surface area (Å²) in [6.07, 6.45) is 0.688. The number of carbonyl (C=O) groups is 2. The zero-order valence-electron chi connectivity index (χ0n) is 15.7. The van der Waals surface area contributed by atoms with Crippen LogP contribution in [0.3, 0.4) is 0 Å². The molecular weight excluding hydrogens is 362 g/mol. The molecule has 144 valence electrons. The number of nitrogens with one attached hydrogen (secondary N) is 1. The predicted octanol–water partition coefficient (Wildman–Crippen LogP) is 3.02. The van der Waals surface area contributed by atoms with E-state index in [4.69, 9.17) is 17.3 Å². The van der Waals surface area contributed by atoms with Crippen LogP contribution >= 0.6 is 11.6 Å². The minimum Gasteiger partial charge on any atom is -0.354 e. The smallest absolute Gasteiger partial charge is 0.244 e. The fourth-order valence-electron chi connectivity index (χ4n) is 2.57. The maximum absolute atomic E-state index is 12.8. The normalized spacial score (nSPS) is 11.9. The predicted molar refractivity (Wildman–Crippen MR) is 110 cm³/mol. The average molecular weight is 388 g/mol. The van der Waals surface area contributed by atoms with Crippen molar-refractivity contribution in [3.63, 3.8) is 0 Å². The monoisotopic (exact) mass is 387 g/mol. The van der Waals surface area contributed by atoms with Crippen molar-refractivity contribution < 1.29 is 9.59 Å². The minimum absolute atomic E-state index is 0.0170. The molecular formula is C21H26ClN3O2. The second-order valence-corrected chi connectivity index (χ2v) is 7.19. The van der Waals surface area contributed by atoms with E-state index in [1.54, 1.807) is 12.1 Å². The lowest BCUT2D eigenvalue weighted by molar-refractivity contribution is -0.124. The molecule has 0 aliphatic heterocycles. The zero-order chi connectivity index (χ0) is 19.8. The third kappa shape index (κ3) is 6.38. The number of hydrogen-bond donors (Lipinski definition) is 2. The van der Waals surface area contributed by atoms with Gasteiger partial charge in [-0.25, -0.2) is 0 Å². The number of nitrogens with zero attached hydrogens (tertiary/aromatic N) is 1. The number of amides is 2. The lowest BCUT2D eigenvalue weighted by atomic mass is 10.0. The minimum atomic E-state index is -0.660. The van der Waals surface area contributed by atoms with Gasteiger partial charge in [0.2, 0.25) is 11.8 Å². The Hall–Kier alpha value is -2.37. The highest BCUT2D eigenvalue weighted by molar-refractivity contribution is 6.30. The highest BCUT2D eigenvalue weighted by Gasteiger charge is 2.26. The summed E-state index contributed by atoms with van der Waals surface area (Å²) in [5.74, 6) is -0.502. The van der Waals surface area contributed by atoms with Crippen molar-refractivity contribution in [3.8, 4) is 0 Å². The molecule has 0 bridgehead atoms. The van der Waals surface area contributed by atoms with Gasteiger partial charge in [0.1, 0.15) is 6.54 Å². The lowest BCUT2D eigenvalue weighted by Gasteiger charge is -2.27. The molecule has 2 aromatic carbocycles. The second-order valence-electron chi connectivity index (χ2n) is 6.76. The van der Waals surface area contributed by atoms with Crippen LogP contribution in [0.15, 0.2) is 54.6 Å². The maximum Gasteiger partial charge on any atom is 0.244 e. The number of benzene rings is 2. The van der Waals surface area contributed by atoms with Crippen LogP contribution < -0.4 is 16.0 Å². The Morgan fingerprint density at radius 3 is 2.30 bits per heavy atom. The van der Waals surface area contributed by atoms with Gasteiger partial charge < -0.3 is 16.0 Å². The van der Waals surface area contributed by atoms with E-state index in [1.165, 1.54) is 4.90 Å². The summed E-state index contributed by atoms with van der Waals surface area (Å²) >= 11 is 5.87. The van der Waals surface area contributed by atoms with Crippen LogP contribution in [0.25, 0.3) is 0 Å². The number of nitrogens with two attached hydrogens (primary N) is 1. The van der Waals surface area contributed by atoms with E-state index in [-0.39, 0.29) is 24.3 Å². The van der Waals surface area contributed by atoms with Crippen LogP contribution in [0, 0.1) is 5.92 Å². The van der Waals surface area contributed by atoms with Gasteiger partial charge in [0.05, 0.1) is 6.04 Å². The fraction of sp³-hybridized carbons (Fsp3) is 0.333. The van der Waals surface area contributed by atoms with Gasteiger partial charge in [-0.1, -0.05) is 55.8 Å². The van der Waals surface area contributed by atoms with Gasteiger partial charge in [-0.05, 0) is 42.2 Å². The van der Waals surface area contributed by atoms with Crippen molar-refractivity contribution in [1.29, 1.82) is 0 Å². The number of para-hydroxylation sites is 1. The number of carbonyl (C=O) groups excluding carboxylic acids is 2. The molecule has 3 N–H and O–H groups in total. The van der Waals surface area contributed by atoms with Crippen LogP contribution in [-0.2, 0) is 16.0 Å². The second kappa shape index (κ2) is 10.1. The first-order valence-corrected chi connectivity index (χ1v) is 9.39. The van der Waals surface area contributed by atoms with Crippen molar-refractivity contribution in [2.45, 2.75) is 26.3 Å². The Kier molecular flexibility index (Phi) is 7.82. The van der Waals surface area contributed by atoms with Crippen molar-refractivity contribution in [1.82, 2.24) is 5.32 Å². The van der Waals surface area contributed by atoms with E-state index in [2.05, 4.69) is 5.32 Å². The topological polar surface area (TPSA) is 75.4 Å². The van der Waals surface area contributed by atoms with E-state index in [9.17, 15) is 9.59 Å². The zero-order valence-corrected chi connectivity index (χ0v) is 16.4. The van der Waals surface area contributed by atoms with E-state index < -0.39 is 6.04 Å². The van der Waals surface area contributed by atoms with E-state index in [0.29, 0.717) is 23.7 Å². The Labute approximate surface area is 165 Å². The highest BCUT2D eigenvalue weighted by atomic mass is 35.5. The summed E-state index contributed by atoms with van der Waals surface area (Å²) in [6.45, 7) is 4.19. The Balaban J connectivity index is 1.98. The highest BCUT2D eigenvalue weighted by Crippen LogP contribution is 2.16. The van der Waals surface area contributed by atoms with Gasteiger partial charge >= 0.3 is 0 Å². The Morgan fingerprint density at radius 1 is 1.07 bits per heavy atom. The van der Waals surface area contributed by atoms with Crippen molar-refractivity contribution in [3.05, 3.63) is 65.2 Å². The molecule has 0 aliphatic carbocycles. The molecule has 2 aromatic rings. The quantitative estimate of drug-likeness (QED) is 0.731. The molecule has 1 atom stereocenters. The lowest BCUT2D eigenvalue weighted by Crippen LogP contribution is -2.50. The van der Waals surface area contributed by atoms with E-state index >= 15 is 0 Å². The molecule has 0 heterocycles. The third-order valence-corrected chi connectivity index (χ3v) is 4.54. The molecule has 27 heavy (non-hydrogen) atoms. The van der Waals surface area contributed by atoms with E-state index in [1.807, 2.05) is 56.3 Å². The molecule has 2 rings (SSSR count). The molecule has 0 saturated heterocycles. The molecule has 0 fully saturated rings. The first-order valence-electron chi connectivity index (χ1n) is 9.01. The van der Waals surface area contributed by atoms with Gasteiger partial charge in [0, 0.05) is 17.3 Å². The molecule has 6 heteroatoms. The van der Waals surface area contributed by atoms with Crippen molar-refractivity contribution in [2.24, 2.45) is 11.7 Å². The Bertz CT molecular complexity index is 748. The van der Waals surface area contributed by atoms with Crippen molar-refractivity contribution in [2.75, 3.05) is 18.0 Å². The number of hydrogen-bond acceptors (Lipinski definition) is 3. The summed E-state index contributed by atoms with van der Waals surface area (Å²) in [5.41, 5.74) is 7.77. The molecule has 0 aliphatic rings. The van der Waals surface area contributed by atoms with Crippen molar-refractivity contribution >= 4 is 29.1 Å². The van der Waals surface area contributed by atoms with E-state index in [0.717, 1.165) is 5.56 Å². The van der Waals surface area contributed by atoms with Gasteiger partial charge in [-0.3, -0.25) is 9.59 Å². The van der Waals surface area contributed by atoms with Crippen LogP contribution in [-0.4, -0.2) is 30.9 Å². The van der Waals surface area contributed by atoms with Crippen LogP contribution in [0.1, 0.15) is 19.4 Å². The van der Waals surface area contributed by atoms with Crippen LogP contribution in [0.5, 0.6) is 0 Å². The number of rotatable bonds is 8. The first-order chi connectivity index (χ1) is 12.9. The van der Waals surface area contributed by atoms with Gasteiger partial charge in [-0.2, -0.15) is 0 Å². The van der Waals surface area contributed by atoms with Gasteiger partial charge in [-0.15, -0.1) is 0 Å². The fourth-order valence-corrected chi connectivity index (χ4v) is 2.69.